The van der Waals surface area contributed by atoms with E-state index in [1.165, 1.54) is 12.1 Å². The molecule has 0 bridgehead atoms. The van der Waals surface area contributed by atoms with Gasteiger partial charge in [-0.2, -0.15) is 0 Å². The van der Waals surface area contributed by atoms with E-state index < -0.39 is 11.8 Å². The molecule has 0 unspecified atom stereocenters. The lowest BCUT2D eigenvalue weighted by Crippen LogP contribution is -2.54. The third kappa shape index (κ3) is 6.27. The van der Waals surface area contributed by atoms with E-state index in [1.807, 2.05) is 19.1 Å². The maximum absolute atomic E-state index is 13.4. The molecule has 3 aromatic carbocycles. The molecular weight excluding hydrogens is 623 g/mol. The molecule has 1 N–H and O–H groups in total. The summed E-state index contributed by atoms with van der Waals surface area (Å²) in [4.78, 5) is 27.3. The topological polar surface area (TPSA) is 67.9 Å². The van der Waals surface area contributed by atoms with E-state index in [0.717, 1.165) is 10.5 Å². The summed E-state index contributed by atoms with van der Waals surface area (Å²) in [6.07, 6.45) is 1.45. The Morgan fingerprint density at radius 3 is 2.38 bits per heavy atom. The number of hydrogen-bond acceptors (Lipinski definition) is 5. The lowest BCUT2D eigenvalue weighted by atomic mass is 10.1. The van der Waals surface area contributed by atoms with Gasteiger partial charge in [0, 0.05) is 10.0 Å². The van der Waals surface area contributed by atoms with Crippen LogP contribution in [-0.4, -0.2) is 23.5 Å². The molecule has 11 heteroatoms. The van der Waals surface area contributed by atoms with Gasteiger partial charge in [0.2, 0.25) is 0 Å². The highest BCUT2D eigenvalue weighted by Crippen LogP contribution is 2.39. The zero-order chi connectivity index (χ0) is 26.7. The molecule has 0 aromatic heterocycles. The molecule has 4 rings (SSSR count). The van der Waals surface area contributed by atoms with Gasteiger partial charge in [0.05, 0.1) is 21.8 Å². The molecule has 0 radical (unpaired) electrons. The zero-order valence-corrected chi connectivity index (χ0v) is 23.9. The van der Waals surface area contributed by atoms with Crippen LogP contribution in [0.4, 0.5) is 5.69 Å². The van der Waals surface area contributed by atoms with Gasteiger partial charge in [0.25, 0.3) is 11.8 Å². The van der Waals surface area contributed by atoms with Crippen molar-refractivity contribution in [3.05, 3.63) is 90.8 Å². The Kier molecular flexibility index (Phi) is 8.77. The molecule has 37 heavy (non-hydrogen) atoms. The summed E-state index contributed by atoms with van der Waals surface area (Å²) in [5.74, 6) is -0.341. The van der Waals surface area contributed by atoms with Gasteiger partial charge in [-0.05, 0) is 94.7 Å². The van der Waals surface area contributed by atoms with Crippen LogP contribution in [0.15, 0.2) is 64.6 Å². The number of ether oxygens (including phenoxy) is 2. The van der Waals surface area contributed by atoms with Crippen LogP contribution in [0.2, 0.25) is 15.1 Å². The van der Waals surface area contributed by atoms with Crippen LogP contribution < -0.4 is 19.7 Å². The van der Waals surface area contributed by atoms with E-state index >= 15 is 0 Å². The molecule has 2 amide bonds. The van der Waals surface area contributed by atoms with Crippen molar-refractivity contribution >= 4 is 91.6 Å². The smallest absolute Gasteiger partial charge is 0.270 e. The summed E-state index contributed by atoms with van der Waals surface area (Å²) in [6.45, 7) is 2.50. The molecule has 190 valence electrons. The summed E-state index contributed by atoms with van der Waals surface area (Å²) in [5.41, 5.74) is 1.62. The maximum Gasteiger partial charge on any atom is 0.270 e. The Morgan fingerprint density at radius 2 is 1.70 bits per heavy atom. The third-order valence-corrected chi connectivity index (χ3v) is 6.85. The van der Waals surface area contributed by atoms with E-state index in [2.05, 4.69) is 21.2 Å². The second-order valence-electron chi connectivity index (χ2n) is 7.73. The number of hydrogen-bond donors (Lipinski definition) is 1. The molecule has 1 aliphatic heterocycles. The molecule has 0 spiro atoms. The molecule has 1 fully saturated rings. The molecule has 1 saturated heterocycles. The van der Waals surface area contributed by atoms with Crippen molar-refractivity contribution in [2.24, 2.45) is 0 Å². The molecule has 0 saturated carbocycles. The maximum atomic E-state index is 13.4. The average Bonchev–Trinajstić information content (AvgIpc) is 2.84. The summed E-state index contributed by atoms with van der Waals surface area (Å²) in [5, 5.41) is 3.70. The first-order valence-corrected chi connectivity index (χ1v) is 13.2. The van der Waals surface area contributed by atoms with E-state index in [-0.39, 0.29) is 22.3 Å². The van der Waals surface area contributed by atoms with Crippen LogP contribution in [0.1, 0.15) is 18.1 Å². The van der Waals surface area contributed by atoms with Crippen molar-refractivity contribution in [2.45, 2.75) is 13.5 Å². The van der Waals surface area contributed by atoms with E-state index in [9.17, 15) is 9.59 Å². The fourth-order valence-electron chi connectivity index (χ4n) is 3.52. The highest BCUT2D eigenvalue weighted by atomic mass is 79.9. The highest BCUT2D eigenvalue weighted by Gasteiger charge is 2.35. The number of benzene rings is 3. The van der Waals surface area contributed by atoms with Crippen LogP contribution >= 0.6 is 63.0 Å². The number of anilines is 1. The average molecular weight is 641 g/mol. The first kappa shape index (κ1) is 27.4. The zero-order valence-electron chi connectivity index (χ0n) is 19.2. The van der Waals surface area contributed by atoms with Gasteiger partial charge in [0.15, 0.2) is 16.6 Å². The van der Waals surface area contributed by atoms with Crippen molar-refractivity contribution < 1.29 is 19.1 Å². The number of carbonyl (C=O) groups is 2. The summed E-state index contributed by atoms with van der Waals surface area (Å²) in [6, 6.07) is 15.3. The molecule has 0 atom stereocenters. The predicted molar refractivity (Wildman–Crippen MR) is 154 cm³/mol. The number of nitrogens with one attached hydrogen (secondary N) is 1. The van der Waals surface area contributed by atoms with Gasteiger partial charge >= 0.3 is 0 Å². The minimum atomic E-state index is -0.631. The first-order chi connectivity index (χ1) is 17.7. The molecule has 0 aliphatic carbocycles. The van der Waals surface area contributed by atoms with Crippen molar-refractivity contribution in [1.82, 2.24) is 5.32 Å². The predicted octanol–water partition coefficient (Wildman–Crippen LogP) is 7.22. The minimum absolute atomic E-state index is 0.0847. The first-order valence-electron chi connectivity index (χ1n) is 10.9. The number of halogens is 4. The van der Waals surface area contributed by atoms with Gasteiger partial charge in [-0.15, -0.1) is 0 Å². The summed E-state index contributed by atoms with van der Waals surface area (Å²) < 4.78 is 12.4. The van der Waals surface area contributed by atoms with E-state index in [4.69, 9.17) is 56.5 Å². The monoisotopic (exact) mass is 638 g/mol. The molecule has 6 nitrogen and oxygen atoms in total. The standard InChI is InChI=1S/C26H18BrCl3N2O4S/c1-2-35-22-11-15(10-19(27)23(22)36-13-14-3-5-16(28)6-4-14)9-18-24(33)31-26(37)32(25(18)34)21-8-7-17(29)12-20(21)30/h3-12H,2,13H2,1H3,(H,31,33,37)/b18-9+. The Balaban J connectivity index is 1.67. The van der Waals surface area contributed by atoms with Gasteiger partial charge in [-0.3, -0.25) is 19.8 Å². The molecule has 1 heterocycles. The van der Waals surface area contributed by atoms with Crippen LogP contribution in [-0.2, 0) is 16.2 Å². The highest BCUT2D eigenvalue weighted by molar-refractivity contribution is 9.10. The van der Waals surface area contributed by atoms with Crippen LogP contribution in [0, 0.1) is 0 Å². The van der Waals surface area contributed by atoms with Crippen LogP contribution in [0.5, 0.6) is 11.5 Å². The number of carbonyl (C=O) groups excluding carboxylic acids is 2. The number of nitrogens with zero attached hydrogens (tertiary/aromatic N) is 1. The van der Waals surface area contributed by atoms with Crippen molar-refractivity contribution in [3.8, 4) is 11.5 Å². The van der Waals surface area contributed by atoms with Gasteiger partial charge in [-0.25, -0.2) is 0 Å². The van der Waals surface area contributed by atoms with Gasteiger partial charge < -0.3 is 9.47 Å². The van der Waals surface area contributed by atoms with Crippen molar-refractivity contribution in [3.63, 3.8) is 0 Å². The number of rotatable bonds is 7. The number of amides is 2. The third-order valence-electron chi connectivity index (χ3n) is 5.19. The number of thiocarbonyl (C=S) groups is 1. The minimum Gasteiger partial charge on any atom is -0.490 e. The lowest BCUT2D eigenvalue weighted by molar-refractivity contribution is -0.122. The molecular formula is C26H18BrCl3N2O4S. The fourth-order valence-corrected chi connectivity index (χ4v) is 4.98. The fraction of sp³-hybridized carbons (Fsp3) is 0.115. The Morgan fingerprint density at radius 1 is 1.00 bits per heavy atom. The SMILES string of the molecule is CCOc1cc(/C=C2\C(=O)NC(=S)N(c3ccc(Cl)cc3Cl)C2=O)cc(Br)c1OCc1ccc(Cl)cc1. The van der Waals surface area contributed by atoms with E-state index in [0.29, 0.717) is 43.9 Å². The normalized spacial score (nSPS) is 14.7. The largest absolute Gasteiger partial charge is 0.490 e. The van der Waals surface area contributed by atoms with Crippen molar-refractivity contribution in [1.29, 1.82) is 0 Å². The van der Waals surface area contributed by atoms with Crippen LogP contribution in [0.3, 0.4) is 0 Å². The van der Waals surface area contributed by atoms with Gasteiger partial charge in [0.1, 0.15) is 12.2 Å². The second-order valence-corrected chi connectivity index (χ2v) is 10.3. The van der Waals surface area contributed by atoms with Crippen molar-refractivity contribution in [2.75, 3.05) is 11.5 Å². The lowest BCUT2D eigenvalue weighted by Gasteiger charge is -2.29. The summed E-state index contributed by atoms with van der Waals surface area (Å²) >= 11 is 27.0. The Hall–Kier alpha value is -2.62. The quantitative estimate of drug-likeness (QED) is 0.168. The Bertz CT molecular complexity index is 1430. The molecule has 1 aliphatic rings. The summed E-state index contributed by atoms with van der Waals surface area (Å²) in [7, 11) is 0. The Labute approximate surface area is 242 Å². The van der Waals surface area contributed by atoms with Gasteiger partial charge in [-0.1, -0.05) is 46.9 Å². The second kappa shape index (κ2) is 11.8. The molecule has 3 aromatic rings. The van der Waals surface area contributed by atoms with Crippen LogP contribution in [0.25, 0.3) is 6.08 Å². The van der Waals surface area contributed by atoms with E-state index in [1.54, 1.807) is 36.4 Å².